The van der Waals surface area contributed by atoms with Gasteiger partial charge in [-0.2, -0.15) is 0 Å². The second-order valence-electron chi connectivity index (χ2n) is 4.83. The number of amides is 1. The first-order chi connectivity index (χ1) is 6.72. The molecule has 1 amide bonds. The zero-order chi connectivity index (χ0) is 11.8. The van der Waals surface area contributed by atoms with E-state index < -0.39 is 23.7 Å². The Bertz CT molecular complexity index is 282. The number of nitrogens with zero attached hydrogens (tertiary/aromatic N) is 1. The first-order valence-corrected chi connectivity index (χ1v) is 4.96. The van der Waals surface area contributed by atoms with Crippen LogP contribution in [-0.4, -0.2) is 39.8 Å². The van der Waals surface area contributed by atoms with Crippen LogP contribution in [0.25, 0.3) is 0 Å². The minimum Gasteiger partial charge on any atom is -0.480 e. The maximum Gasteiger partial charge on any atom is 0.411 e. The molecule has 0 aromatic heterocycles. The molecule has 1 rings (SSSR count). The highest BCUT2D eigenvalue weighted by Gasteiger charge is 2.45. The lowest BCUT2D eigenvalue weighted by Gasteiger charge is -2.44. The van der Waals surface area contributed by atoms with E-state index in [2.05, 4.69) is 0 Å². The lowest BCUT2D eigenvalue weighted by Crippen LogP contribution is -2.61. The number of carboxylic acids is 1. The van der Waals surface area contributed by atoms with Crippen molar-refractivity contribution in [1.29, 1.82) is 0 Å². The van der Waals surface area contributed by atoms with Crippen LogP contribution in [-0.2, 0) is 9.53 Å². The van der Waals surface area contributed by atoms with Crippen molar-refractivity contribution in [1.82, 2.24) is 4.90 Å². The minimum atomic E-state index is -0.973. The molecule has 5 nitrogen and oxygen atoms in total. The summed E-state index contributed by atoms with van der Waals surface area (Å²) in [5.74, 6) is -0.973. The van der Waals surface area contributed by atoms with Crippen LogP contribution in [0.2, 0.25) is 0 Å². The van der Waals surface area contributed by atoms with Gasteiger partial charge in [-0.3, -0.25) is 4.90 Å². The Balaban J connectivity index is 2.62. The normalized spacial score (nSPS) is 25.7. The molecule has 1 N–H and O–H groups in total. The number of rotatable bonds is 1. The van der Waals surface area contributed by atoms with E-state index in [-0.39, 0.29) is 6.04 Å². The molecule has 2 unspecified atom stereocenters. The maximum absolute atomic E-state index is 11.6. The Morgan fingerprint density at radius 2 is 1.93 bits per heavy atom. The molecule has 0 saturated carbocycles. The van der Waals surface area contributed by atoms with Crippen molar-refractivity contribution in [3.8, 4) is 0 Å². The number of aliphatic carboxylic acids is 1. The van der Waals surface area contributed by atoms with E-state index in [4.69, 9.17) is 9.84 Å². The maximum atomic E-state index is 11.6. The van der Waals surface area contributed by atoms with E-state index in [9.17, 15) is 9.59 Å². The second-order valence-corrected chi connectivity index (χ2v) is 4.83. The average molecular weight is 215 g/mol. The Morgan fingerprint density at radius 1 is 1.40 bits per heavy atom. The van der Waals surface area contributed by atoms with Crippen LogP contribution in [0.15, 0.2) is 0 Å². The summed E-state index contributed by atoms with van der Waals surface area (Å²) in [5, 5.41) is 8.82. The highest BCUT2D eigenvalue weighted by molar-refractivity contribution is 5.82. The summed E-state index contributed by atoms with van der Waals surface area (Å²) in [6.07, 6.45) is -0.0529. The van der Waals surface area contributed by atoms with Crippen molar-refractivity contribution in [2.75, 3.05) is 0 Å². The van der Waals surface area contributed by atoms with Crippen LogP contribution in [0.4, 0.5) is 4.79 Å². The molecule has 1 saturated heterocycles. The van der Waals surface area contributed by atoms with Crippen LogP contribution in [0.1, 0.15) is 34.1 Å². The number of ether oxygens (including phenoxy) is 1. The van der Waals surface area contributed by atoms with E-state index in [0.29, 0.717) is 6.42 Å². The highest BCUT2D eigenvalue weighted by Crippen LogP contribution is 2.27. The monoisotopic (exact) mass is 215 g/mol. The third kappa shape index (κ3) is 2.61. The molecule has 1 heterocycles. The van der Waals surface area contributed by atoms with Crippen molar-refractivity contribution >= 4 is 12.1 Å². The van der Waals surface area contributed by atoms with E-state index in [1.807, 2.05) is 6.92 Å². The van der Waals surface area contributed by atoms with Crippen LogP contribution in [0.3, 0.4) is 0 Å². The summed E-state index contributed by atoms with van der Waals surface area (Å²) < 4.78 is 5.12. The fourth-order valence-electron chi connectivity index (χ4n) is 1.56. The quantitative estimate of drug-likeness (QED) is 0.719. The van der Waals surface area contributed by atoms with Gasteiger partial charge >= 0.3 is 12.1 Å². The molecular weight excluding hydrogens is 198 g/mol. The molecule has 5 heteroatoms. The molecule has 0 spiro atoms. The van der Waals surface area contributed by atoms with E-state index in [0.717, 1.165) is 0 Å². The lowest BCUT2D eigenvalue weighted by atomic mass is 9.95. The number of likely N-dealkylation sites (tertiary alicyclic amines) is 1. The molecule has 0 aromatic rings. The number of carbonyl (C=O) groups is 2. The summed E-state index contributed by atoms with van der Waals surface area (Å²) in [6, 6.07) is -0.782. The fourth-order valence-corrected chi connectivity index (χ4v) is 1.56. The van der Waals surface area contributed by atoms with Crippen molar-refractivity contribution < 1.29 is 19.4 Å². The summed E-state index contributed by atoms with van der Waals surface area (Å²) in [6.45, 7) is 7.07. The molecule has 0 aromatic carbocycles. The van der Waals surface area contributed by atoms with Gasteiger partial charge in [0.05, 0.1) is 0 Å². The molecule has 0 bridgehead atoms. The zero-order valence-electron chi connectivity index (χ0n) is 9.48. The first kappa shape index (κ1) is 11.8. The standard InChI is InChI=1S/C10H17NO4/c1-6-5-7(8(12)13)11(6)9(14)15-10(2,3)4/h6-7H,5H2,1-4H3,(H,12,13). The van der Waals surface area contributed by atoms with Crippen LogP contribution < -0.4 is 0 Å². The molecule has 0 radical (unpaired) electrons. The van der Waals surface area contributed by atoms with Gasteiger partial charge in [-0.25, -0.2) is 9.59 Å². The predicted octanol–water partition coefficient (Wildman–Crippen LogP) is 1.47. The van der Waals surface area contributed by atoms with E-state index >= 15 is 0 Å². The summed E-state index contributed by atoms with van der Waals surface area (Å²) in [4.78, 5) is 23.6. The Kier molecular flexibility index (Phi) is 2.93. The fraction of sp³-hybridized carbons (Fsp3) is 0.800. The van der Waals surface area contributed by atoms with Crippen LogP contribution in [0, 0.1) is 0 Å². The third-order valence-electron chi connectivity index (χ3n) is 2.26. The van der Waals surface area contributed by atoms with Crippen molar-refractivity contribution in [2.45, 2.75) is 51.8 Å². The number of carboxylic acid groups (broad SMARTS) is 1. The van der Waals surface area contributed by atoms with E-state index in [1.54, 1.807) is 20.8 Å². The summed E-state index contributed by atoms with van der Waals surface area (Å²) in [7, 11) is 0. The largest absolute Gasteiger partial charge is 0.480 e. The van der Waals surface area contributed by atoms with Gasteiger partial charge in [0.15, 0.2) is 0 Å². The second kappa shape index (κ2) is 3.72. The van der Waals surface area contributed by atoms with Gasteiger partial charge in [0.2, 0.25) is 0 Å². The Labute approximate surface area is 89.0 Å². The van der Waals surface area contributed by atoms with Gasteiger partial charge < -0.3 is 9.84 Å². The average Bonchev–Trinajstić information content (AvgIpc) is 1.94. The molecule has 2 atom stereocenters. The summed E-state index contributed by atoms with van der Waals surface area (Å²) in [5.41, 5.74) is -0.588. The van der Waals surface area contributed by atoms with Crippen LogP contribution >= 0.6 is 0 Å². The molecule has 1 aliphatic heterocycles. The SMILES string of the molecule is CC1CC(C(=O)O)N1C(=O)OC(C)(C)C. The lowest BCUT2D eigenvalue weighted by molar-refractivity contribution is -0.150. The third-order valence-corrected chi connectivity index (χ3v) is 2.26. The smallest absolute Gasteiger partial charge is 0.411 e. The first-order valence-electron chi connectivity index (χ1n) is 4.96. The highest BCUT2D eigenvalue weighted by atomic mass is 16.6. The van der Waals surface area contributed by atoms with Gasteiger partial charge in [0, 0.05) is 6.04 Å². The van der Waals surface area contributed by atoms with Crippen molar-refractivity contribution in [3.63, 3.8) is 0 Å². The topological polar surface area (TPSA) is 66.8 Å². The molecular formula is C10H17NO4. The van der Waals surface area contributed by atoms with Gasteiger partial charge in [0.1, 0.15) is 11.6 Å². The Morgan fingerprint density at radius 3 is 2.27 bits per heavy atom. The van der Waals surface area contributed by atoms with Crippen molar-refractivity contribution in [2.24, 2.45) is 0 Å². The van der Waals surface area contributed by atoms with Gasteiger partial charge in [-0.15, -0.1) is 0 Å². The van der Waals surface area contributed by atoms with E-state index in [1.165, 1.54) is 4.90 Å². The molecule has 0 aliphatic carbocycles. The Hall–Kier alpha value is -1.26. The van der Waals surface area contributed by atoms with Gasteiger partial charge in [0.25, 0.3) is 0 Å². The molecule has 1 aliphatic rings. The van der Waals surface area contributed by atoms with Gasteiger partial charge in [-0.05, 0) is 34.1 Å². The molecule has 86 valence electrons. The number of hydrogen-bond donors (Lipinski definition) is 1. The van der Waals surface area contributed by atoms with Crippen molar-refractivity contribution in [3.05, 3.63) is 0 Å². The number of hydrogen-bond acceptors (Lipinski definition) is 3. The van der Waals surface area contributed by atoms with Gasteiger partial charge in [-0.1, -0.05) is 0 Å². The molecule has 15 heavy (non-hydrogen) atoms. The molecule has 1 fully saturated rings. The summed E-state index contributed by atoms with van der Waals surface area (Å²) >= 11 is 0. The van der Waals surface area contributed by atoms with Crippen LogP contribution in [0.5, 0.6) is 0 Å². The number of carbonyl (C=O) groups excluding carboxylic acids is 1. The minimum absolute atomic E-state index is 0.0547. The zero-order valence-corrected chi connectivity index (χ0v) is 9.48. The predicted molar refractivity (Wildman–Crippen MR) is 53.6 cm³/mol.